The first-order valence-electron chi connectivity index (χ1n) is 10.1. The van der Waals surface area contributed by atoms with Gasteiger partial charge in [-0.15, -0.1) is 23.5 Å². The van der Waals surface area contributed by atoms with E-state index in [1.54, 1.807) is 30.6 Å². The van der Waals surface area contributed by atoms with Crippen molar-refractivity contribution in [3.05, 3.63) is 29.8 Å². The lowest BCUT2D eigenvalue weighted by Crippen LogP contribution is -2.32. The SMILES string of the molecule is CCCCSC1(SCCCC)N=C(N)C2(C#N)C(c3cccc(OC)c3)C12C#N. The molecule has 0 bridgehead atoms. The number of unbranched alkanes of at least 4 members (excludes halogenated alkanes) is 2. The molecule has 0 radical (unpaired) electrons. The summed E-state index contributed by atoms with van der Waals surface area (Å²) in [6.07, 6.45) is 4.23. The first-order valence-corrected chi connectivity index (χ1v) is 12.1. The average Bonchev–Trinajstić information content (AvgIpc) is 3.33. The van der Waals surface area contributed by atoms with E-state index in [1.807, 2.05) is 24.3 Å². The van der Waals surface area contributed by atoms with E-state index in [0.29, 0.717) is 11.6 Å². The van der Waals surface area contributed by atoms with E-state index in [1.165, 1.54) is 0 Å². The minimum atomic E-state index is -1.08. The van der Waals surface area contributed by atoms with Gasteiger partial charge in [0.15, 0.2) is 4.20 Å². The van der Waals surface area contributed by atoms with Crippen molar-refractivity contribution in [3.63, 3.8) is 0 Å². The van der Waals surface area contributed by atoms with Crippen molar-refractivity contribution < 1.29 is 4.74 Å². The number of ether oxygens (including phenoxy) is 1. The molecular formula is C22H28N4OS2. The van der Waals surface area contributed by atoms with Gasteiger partial charge in [-0.3, -0.25) is 0 Å². The van der Waals surface area contributed by atoms with E-state index in [4.69, 9.17) is 15.5 Å². The van der Waals surface area contributed by atoms with Crippen molar-refractivity contribution in [2.24, 2.45) is 21.6 Å². The maximum Gasteiger partial charge on any atom is 0.175 e. The molecule has 3 atom stereocenters. The summed E-state index contributed by atoms with van der Waals surface area (Å²) in [7, 11) is 1.62. The number of hydrogen-bond donors (Lipinski definition) is 1. The predicted molar refractivity (Wildman–Crippen MR) is 121 cm³/mol. The quantitative estimate of drug-likeness (QED) is 0.420. The molecule has 1 aromatic rings. The fourth-order valence-corrected chi connectivity index (χ4v) is 8.07. The Morgan fingerprint density at radius 3 is 2.31 bits per heavy atom. The van der Waals surface area contributed by atoms with Crippen LogP contribution < -0.4 is 10.5 Å². The highest BCUT2D eigenvalue weighted by Crippen LogP contribution is 2.85. The van der Waals surface area contributed by atoms with E-state index in [9.17, 15) is 10.5 Å². The largest absolute Gasteiger partial charge is 0.497 e. The Morgan fingerprint density at radius 1 is 1.14 bits per heavy atom. The molecule has 1 aliphatic carbocycles. The van der Waals surface area contributed by atoms with Gasteiger partial charge >= 0.3 is 0 Å². The van der Waals surface area contributed by atoms with E-state index in [-0.39, 0.29) is 5.92 Å². The summed E-state index contributed by atoms with van der Waals surface area (Å²) < 4.78 is 4.64. The lowest BCUT2D eigenvalue weighted by molar-refractivity contribution is 0.414. The zero-order valence-electron chi connectivity index (χ0n) is 17.3. The van der Waals surface area contributed by atoms with E-state index >= 15 is 0 Å². The summed E-state index contributed by atoms with van der Waals surface area (Å²) in [4.78, 5) is 4.84. The number of methoxy groups -OCH3 is 1. The molecule has 29 heavy (non-hydrogen) atoms. The molecule has 1 aromatic carbocycles. The molecule has 7 heteroatoms. The molecule has 3 rings (SSSR count). The van der Waals surface area contributed by atoms with Gasteiger partial charge in [-0.05, 0) is 42.0 Å². The van der Waals surface area contributed by atoms with Gasteiger partial charge in [0.05, 0.1) is 19.2 Å². The number of aliphatic imine (C=N–C) groups is 1. The number of benzene rings is 1. The van der Waals surface area contributed by atoms with Crippen molar-refractivity contribution >= 4 is 29.4 Å². The molecule has 5 nitrogen and oxygen atoms in total. The van der Waals surface area contributed by atoms with Crippen molar-refractivity contribution in [1.82, 2.24) is 0 Å². The van der Waals surface area contributed by atoms with Gasteiger partial charge in [-0.2, -0.15) is 10.5 Å². The molecule has 3 unspecified atom stereocenters. The normalized spacial score (nSPS) is 28.7. The first kappa shape index (κ1) is 21.9. The maximum absolute atomic E-state index is 10.5. The predicted octanol–water partition coefficient (Wildman–Crippen LogP) is 4.90. The third kappa shape index (κ3) is 3.02. The van der Waals surface area contributed by atoms with E-state index < -0.39 is 15.0 Å². The van der Waals surface area contributed by atoms with Crippen LogP contribution in [0.5, 0.6) is 5.75 Å². The van der Waals surface area contributed by atoms with Crippen LogP contribution in [0.3, 0.4) is 0 Å². The number of nitriles is 2. The Kier molecular flexibility index (Phi) is 6.41. The highest BCUT2D eigenvalue weighted by Gasteiger charge is 2.91. The number of nitrogens with two attached hydrogens (primary N) is 1. The Balaban J connectivity index is 2.10. The molecule has 0 saturated heterocycles. The molecule has 1 heterocycles. The molecule has 0 aromatic heterocycles. The van der Waals surface area contributed by atoms with Crippen LogP contribution in [0, 0.1) is 33.5 Å². The Bertz CT molecular complexity index is 864. The van der Waals surface area contributed by atoms with Gasteiger partial charge in [0, 0.05) is 5.92 Å². The third-order valence-corrected chi connectivity index (χ3v) is 9.25. The van der Waals surface area contributed by atoms with Gasteiger partial charge < -0.3 is 10.5 Å². The molecule has 2 N–H and O–H groups in total. The Morgan fingerprint density at radius 2 is 1.79 bits per heavy atom. The number of nitrogens with zero attached hydrogens (tertiary/aromatic N) is 3. The average molecular weight is 429 g/mol. The molecule has 1 saturated carbocycles. The molecule has 154 valence electrons. The van der Waals surface area contributed by atoms with Crippen molar-refractivity contribution in [2.45, 2.75) is 49.7 Å². The van der Waals surface area contributed by atoms with Gasteiger partial charge in [-0.1, -0.05) is 38.8 Å². The summed E-state index contributed by atoms with van der Waals surface area (Å²) in [5, 5.41) is 20.8. The third-order valence-electron chi connectivity index (χ3n) is 5.95. The number of amidine groups is 1. The second kappa shape index (κ2) is 8.50. The first-order chi connectivity index (χ1) is 14.0. The van der Waals surface area contributed by atoms with Crippen LogP contribution in [0.25, 0.3) is 0 Å². The molecule has 0 amide bonds. The minimum absolute atomic E-state index is 0.305. The van der Waals surface area contributed by atoms with Gasteiger partial charge in [-0.25, -0.2) is 4.99 Å². The van der Waals surface area contributed by atoms with Gasteiger partial charge in [0.25, 0.3) is 0 Å². The molecule has 2 aliphatic rings. The molecule has 0 spiro atoms. The topological polar surface area (TPSA) is 95.2 Å². The highest BCUT2D eigenvalue weighted by molar-refractivity contribution is 8.18. The highest BCUT2D eigenvalue weighted by atomic mass is 32.2. The minimum Gasteiger partial charge on any atom is -0.497 e. The van der Waals surface area contributed by atoms with Crippen LogP contribution >= 0.6 is 23.5 Å². The van der Waals surface area contributed by atoms with Crippen LogP contribution in [0.4, 0.5) is 0 Å². The Labute approximate surface area is 182 Å². The van der Waals surface area contributed by atoms with Gasteiger partial charge in [0.2, 0.25) is 0 Å². The fraction of sp³-hybridized carbons (Fsp3) is 0.591. The van der Waals surface area contributed by atoms with E-state index in [0.717, 1.165) is 42.8 Å². The monoisotopic (exact) mass is 428 g/mol. The molecule has 1 aliphatic heterocycles. The second-order valence-corrected chi connectivity index (χ2v) is 10.4. The summed E-state index contributed by atoms with van der Waals surface area (Å²) in [6.45, 7) is 4.30. The van der Waals surface area contributed by atoms with Crippen molar-refractivity contribution in [2.75, 3.05) is 18.6 Å². The lowest BCUT2D eigenvalue weighted by atomic mass is 9.97. The summed E-state index contributed by atoms with van der Waals surface area (Å²) >= 11 is 3.39. The second-order valence-electron chi connectivity index (χ2n) is 7.53. The maximum atomic E-state index is 10.5. The van der Waals surface area contributed by atoms with Crippen LogP contribution in [-0.4, -0.2) is 28.7 Å². The number of rotatable bonds is 10. The molecule has 1 fully saturated rings. The summed E-state index contributed by atoms with van der Waals surface area (Å²) in [5.74, 6) is 2.50. The van der Waals surface area contributed by atoms with E-state index in [2.05, 4.69) is 26.0 Å². The zero-order chi connectivity index (χ0) is 21.1. The smallest absolute Gasteiger partial charge is 0.175 e. The van der Waals surface area contributed by atoms with Crippen LogP contribution in [0.2, 0.25) is 0 Å². The van der Waals surface area contributed by atoms with Crippen LogP contribution in [-0.2, 0) is 0 Å². The standard InChI is InChI=1S/C22H28N4OS2/c1-4-6-11-28-22(29-12-7-5-2)21(15-24)18(20(21,14-23)19(25)26-22)16-9-8-10-17(13-16)27-3/h8-10,13,18H,4-7,11-12H2,1-3H3,(H2,25,26). The number of hydrogen-bond acceptors (Lipinski definition) is 7. The van der Waals surface area contributed by atoms with Crippen LogP contribution in [0.15, 0.2) is 29.3 Å². The summed E-state index contributed by atoms with van der Waals surface area (Å²) in [6, 6.07) is 12.7. The lowest BCUT2D eigenvalue weighted by Gasteiger charge is -2.32. The summed E-state index contributed by atoms with van der Waals surface area (Å²) in [5.41, 5.74) is 5.30. The van der Waals surface area contributed by atoms with Crippen molar-refractivity contribution in [1.29, 1.82) is 10.5 Å². The van der Waals surface area contributed by atoms with Crippen molar-refractivity contribution in [3.8, 4) is 17.9 Å². The zero-order valence-corrected chi connectivity index (χ0v) is 18.9. The number of thioether (sulfide) groups is 2. The fourth-order valence-electron chi connectivity index (χ4n) is 4.39. The number of fused-ring (bicyclic) bond motifs is 1. The van der Waals surface area contributed by atoms with Gasteiger partial charge in [0.1, 0.15) is 22.4 Å². The van der Waals surface area contributed by atoms with Crippen LogP contribution in [0.1, 0.15) is 51.0 Å². The molecular weight excluding hydrogens is 400 g/mol. The Hall–Kier alpha value is -1.83.